The second-order valence-electron chi connectivity index (χ2n) is 4.09. The van der Waals surface area contributed by atoms with Gasteiger partial charge < -0.3 is 14.8 Å². The first kappa shape index (κ1) is 17.9. The van der Waals surface area contributed by atoms with E-state index in [0.717, 1.165) is 29.4 Å². The third kappa shape index (κ3) is 6.55. The van der Waals surface area contributed by atoms with Gasteiger partial charge in [-0.3, -0.25) is 0 Å². The molecular formula is C14H21Cl2NO2S. The number of hydrogen-bond donors (Lipinski definition) is 1. The number of ether oxygens (including phenoxy) is 2. The first-order valence-electron chi connectivity index (χ1n) is 6.57. The van der Waals surface area contributed by atoms with Gasteiger partial charge >= 0.3 is 0 Å². The highest BCUT2D eigenvalue weighted by Crippen LogP contribution is 2.32. The molecule has 1 aromatic carbocycles. The van der Waals surface area contributed by atoms with Gasteiger partial charge in [0.25, 0.3) is 0 Å². The standard InChI is InChI=1S/C14H21Cl2NO2S/c1-3-20-7-6-19-14-11(10-17-4-5-18-2)8-12(15)9-13(14)16/h8-9,17H,3-7,10H2,1-2H3. The minimum absolute atomic E-state index is 0.558. The Hall–Kier alpha value is -0.130. The Morgan fingerprint density at radius 2 is 2.05 bits per heavy atom. The molecule has 0 aliphatic carbocycles. The van der Waals surface area contributed by atoms with E-state index in [0.29, 0.717) is 29.8 Å². The van der Waals surface area contributed by atoms with E-state index in [9.17, 15) is 0 Å². The maximum atomic E-state index is 6.22. The van der Waals surface area contributed by atoms with E-state index in [1.807, 2.05) is 17.8 Å². The highest BCUT2D eigenvalue weighted by Gasteiger charge is 2.10. The van der Waals surface area contributed by atoms with Gasteiger partial charge in [0.1, 0.15) is 5.75 Å². The van der Waals surface area contributed by atoms with Crippen molar-refractivity contribution in [2.45, 2.75) is 13.5 Å². The first-order valence-corrected chi connectivity index (χ1v) is 8.48. The van der Waals surface area contributed by atoms with Crippen LogP contribution in [0.1, 0.15) is 12.5 Å². The quantitative estimate of drug-likeness (QED) is 0.656. The van der Waals surface area contributed by atoms with Crippen molar-refractivity contribution < 1.29 is 9.47 Å². The summed E-state index contributed by atoms with van der Waals surface area (Å²) in [7, 11) is 1.68. The molecule has 0 aromatic heterocycles. The Balaban J connectivity index is 2.63. The van der Waals surface area contributed by atoms with Gasteiger partial charge in [0, 0.05) is 36.5 Å². The zero-order valence-corrected chi connectivity index (χ0v) is 14.2. The average molecular weight is 338 g/mol. The van der Waals surface area contributed by atoms with Crippen molar-refractivity contribution in [1.29, 1.82) is 0 Å². The fourth-order valence-corrected chi connectivity index (χ4v) is 2.73. The number of hydrogen-bond acceptors (Lipinski definition) is 4. The molecule has 0 fully saturated rings. The van der Waals surface area contributed by atoms with Gasteiger partial charge in [-0.1, -0.05) is 30.1 Å². The first-order chi connectivity index (χ1) is 9.69. The molecule has 0 radical (unpaired) electrons. The van der Waals surface area contributed by atoms with E-state index in [1.54, 1.807) is 13.2 Å². The number of rotatable bonds is 10. The average Bonchev–Trinajstić information content (AvgIpc) is 2.41. The van der Waals surface area contributed by atoms with Crippen molar-refractivity contribution in [2.75, 3.05) is 38.4 Å². The monoisotopic (exact) mass is 337 g/mol. The molecule has 3 nitrogen and oxygen atoms in total. The fourth-order valence-electron chi connectivity index (χ4n) is 1.65. The van der Waals surface area contributed by atoms with Crippen molar-refractivity contribution in [3.63, 3.8) is 0 Å². The van der Waals surface area contributed by atoms with Crippen molar-refractivity contribution in [2.24, 2.45) is 0 Å². The predicted octanol–water partition coefficient (Wildman–Crippen LogP) is 3.86. The smallest absolute Gasteiger partial charge is 0.142 e. The third-order valence-electron chi connectivity index (χ3n) is 2.56. The van der Waals surface area contributed by atoms with Gasteiger partial charge in [0.05, 0.1) is 18.2 Å². The zero-order chi connectivity index (χ0) is 14.8. The molecule has 1 N–H and O–H groups in total. The summed E-state index contributed by atoms with van der Waals surface area (Å²) in [4.78, 5) is 0. The van der Waals surface area contributed by atoms with Crippen molar-refractivity contribution in [3.8, 4) is 5.75 Å². The van der Waals surface area contributed by atoms with E-state index < -0.39 is 0 Å². The fraction of sp³-hybridized carbons (Fsp3) is 0.571. The van der Waals surface area contributed by atoms with E-state index in [4.69, 9.17) is 32.7 Å². The van der Waals surface area contributed by atoms with Gasteiger partial charge in [0.15, 0.2) is 0 Å². The van der Waals surface area contributed by atoms with Crippen LogP contribution < -0.4 is 10.1 Å². The second-order valence-corrected chi connectivity index (χ2v) is 6.33. The molecule has 0 saturated carbocycles. The molecule has 6 heteroatoms. The second kappa shape index (κ2) is 10.6. The SMILES string of the molecule is CCSCCOc1c(Cl)cc(Cl)cc1CNCCOC. The Morgan fingerprint density at radius 1 is 1.25 bits per heavy atom. The molecule has 0 saturated heterocycles. The minimum atomic E-state index is 0.558. The molecule has 0 spiro atoms. The number of nitrogens with one attached hydrogen (secondary N) is 1. The lowest BCUT2D eigenvalue weighted by molar-refractivity contribution is 0.199. The zero-order valence-electron chi connectivity index (χ0n) is 11.9. The lowest BCUT2D eigenvalue weighted by Crippen LogP contribution is -2.19. The summed E-state index contributed by atoms with van der Waals surface area (Å²) < 4.78 is 10.8. The Bertz CT molecular complexity index is 405. The lowest BCUT2D eigenvalue weighted by atomic mass is 10.2. The molecule has 0 heterocycles. The number of methoxy groups -OCH3 is 1. The summed E-state index contributed by atoms with van der Waals surface area (Å²) in [6.07, 6.45) is 0. The highest BCUT2D eigenvalue weighted by molar-refractivity contribution is 7.99. The molecule has 1 aromatic rings. The maximum absolute atomic E-state index is 6.22. The molecule has 0 unspecified atom stereocenters. The van der Waals surface area contributed by atoms with Crippen molar-refractivity contribution in [3.05, 3.63) is 27.7 Å². The van der Waals surface area contributed by atoms with Crippen LogP contribution in [0.3, 0.4) is 0 Å². The summed E-state index contributed by atoms with van der Waals surface area (Å²) in [6, 6.07) is 3.60. The molecule has 0 aliphatic heterocycles. The van der Waals surface area contributed by atoms with Crippen LogP contribution in [0.15, 0.2) is 12.1 Å². The summed E-state index contributed by atoms with van der Waals surface area (Å²) in [5.41, 5.74) is 0.972. The van der Waals surface area contributed by atoms with E-state index in [2.05, 4.69) is 12.2 Å². The topological polar surface area (TPSA) is 30.5 Å². The van der Waals surface area contributed by atoms with Crippen LogP contribution in [0.5, 0.6) is 5.75 Å². The summed E-state index contributed by atoms with van der Waals surface area (Å²) >= 11 is 14.1. The predicted molar refractivity (Wildman–Crippen MR) is 88.5 cm³/mol. The van der Waals surface area contributed by atoms with Crippen LogP contribution >= 0.6 is 35.0 Å². The Labute approximate surface area is 135 Å². The lowest BCUT2D eigenvalue weighted by Gasteiger charge is -2.14. The number of halogens is 2. The molecule has 20 heavy (non-hydrogen) atoms. The maximum Gasteiger partial charge on any atom is 0.142 e. The van der Waals surface area contributed by atoms with Crippen LogP contribution in [-0.2, 0) is 11.3 Å². The van der Waals surface area contributed by atoms with Gasteiger partial charge in [0.2, 0.25) is 0 Å². The molecule has 0 bridgehead atoms. The number of thioether (sulfide) groups is 1. The summed E-state index contributed by atoms with van der Waals surface area (Å²) in [6.45, 7) is 4.86. The minimum Gasteiger partial charge on any atom is -0.491 e. The largest absolute Gasteiger partial charge is 0.491 e. The molecular weight excluding hydrogens is 317 g/mol. The molecule has 0 atom stereocenters. The van der Waals surface area contributed by atoms with Crippen molar-refractivity contribution in [1.82, 2.24) is 5.32 Å². The summed E-state index contributed by atoms with van der Waals surface area (Å²) in [5.74, 6) is 2.76. The highest BCUT2D eigenvalue weighted by atomic mass is 35.5. The Morgan fingerprint density at radius 3 is 2.75 bits per heavy atom. The van der Waals surface area contributed by atoms with Crippen LogP contribution in [0.4, 0.5) is 0 Å². The van der Waals surface area contributed by atoms with Crippen LogP contribution in [-0.4, -0.2) is 38.4 Å². The van der Waals surface area contributed by atoms with E-state index in [1.165, 1.54) is 0 Å². The van der Waals surface area contributed by atoms with E-state index >= 15 is 0 Å². The normalized spacial score (nSPS) is 10.8. The molecule has 1 rings (SSSR count). The Kier molecular flexibility index (Phi) is 9.48. The molecule has 0 amide bonds. The number of benzene rings is 1. The molecule has 0 aliphatic rings. The van der Waals surface area contributed by atoms with Crippen LogP contribution in [0, 0.1) is 0 Å². The van der Waals surface area contributed by atoms with Gasteiger partial charge in [-0.05, 0) is 17.9 Å². The van der Waals surface area contributed by atoms with Gasteiger partial charge in [-0.2, -0.15) is 11.8 Å². The third-order valence-corrected chi connectivity index (χ3v) is 3.92. The van der Waals surface area contributed by atoms with E-state index in [-0.39, 0.29) is 0 Å². The van der Waals surface area contributed by atoms with Gasteiger partial charge in [-0.15, -0.1) is 0 Å². The van der Waals surface area contributed by atoms with Crippen LogP contribution in [0.25, 0.3) is 0 Å². The molecule has 114 valence electrons. The summed E-state index contributed by atoms with van der Waals surface area (Å²) in [5, 5.41) is 4.45. The van der Waals surface area contributed by atoms with Crippen molar-refractivity contribution >= 4 is 35.0 Å². The van der Waals surface area contributed by atoms with Crippen LogP contribution in [0.2, 0.25) is 10.0 Å². The van der Waals surface area contributed by atoms with Gasteiger partial charge in [-0.25, -0.2) is 0 Å².